The van der Waals surface area contributed by atoms with Gasteiger partial charge >= 0.3 is 0 Å². The van der Waals surface area contributed by atoms with Crippen LogP contribution in [0, 0.1) is 11.3 Å². The Morgan fingerprint density at radius 3 is 3.00 bits per heavy atom. The van der Waals surface area contributed by atoms with Crippen molar-refractivity contribution in [1.29, 1.82) is 5.26 Å². The van der Waals surface area contributed by atoms with Gasteiger partial charge in [0.1, 0.15) is 5.75 Å². The van der Waals surface area contributed by atoms with E-state index < -0.39 is 0 Å². The summed E-state index contributed by atoms with van der Waals surface area (Å²) in [6.07, 6.45) is 3.62. The molecule has 0 saturated carbocycles. The second-order valence-electron chi connectivity index (χ2n) is 4.67. The molecule has 0 aromatic heterocycles. The minimum Gasteiger partial charge on any atom is -0.492 e. The fourth-order valence-corrected chi connectivity index (χ4v) is 2.83. The van der Waals surface area contributed by atoms with E-state index in [0.29, 0.717) is 11.6 Å². The lowest BCUT2D eigenvalue weighted by Crippen LogP contribution is -2.26. The molecule has 3 nitrogen and oxygen atoms in total. The van der Waals surface area contributed by atoms with Crippen LogP contribution in [0.2, 0.25) is 0 Å². The average Bonchev–Trinajstić information content (AvgIpc) is 2.77. The maximum absolute atomic E-state index is 8.78. The first-order valence-corrected chi connectivity index (χ1v) is 7.02. The van der Waals surface area contributed by atoms with Gasteiger partial charge in [0, 0.05) is 6.04 Å². The van der Waals surface area contributed by atoms with E-state index in [-0.39, 0.29) is 0 Å². The van der Waals surface area contributed by atoms with Crippen molar-refractivity contribution in [1.82, 2.24) is 4.90 Å². The number of hydrogen-bond acceptors (Lipinski definition) is 3. The van der Waals surface area contributed by atoms with Crippen LogP contribution in [0.4, 0.5) is 0 Å². The minimum absolute atomic E-state index is 0.643. The Morgan fingerprint density at radius 1 is 1.56 bits per heavy atom. The predicted octanol–water partition coefficient (Wildman–Crippen LogP) is 3.18. The van der Waals surface area contributed by atoms with Gasteiger partial charge in [0.2, 0.25) is 0 Å². The maximum atomic E-state index is 8.78. The van der Waals surface area contributed by atoms with Crippen LogP contribution in [0.25, 0.3) is 0 Å². The molecule has 0 spiro atoms. The topological polar surface area (TPSA) is 36.3 Å². The number of hydrogen-bond donors (Lipinski definition) is 0. The SMILES string of the molecule is CN1CCCC1CCOc1ccc(C#N)cc1Br. The normalized spacial score (nSPS) is 19.7. The summed E-state index contributed by atoms with van der Waals surface area (Å²) < 4.78 is 6.61. The zero-order valence-electron chi connectivity index (χ0n) is 10.5. The van der Waals surface area contributed by atoms with Crippen LogP contribution in [0.1, 0.15) is 24.8 Å². The summed E-state index contributed by atoms with van der Waals surface area (Å²) in [6.45, 7) is 1.92. The molecule has 0 N–H and O–H groups in total. The summed E-state index contributed by atoms with van der Waals surface area (Å²) in [5, 5.41) is 8.78. The van der Waals surface area contributed by atoms with Crippen LogP contribution >= 0.6 is 15.9 Å². The van der Waals surface area contributed by atoms with Gasteiger partial charge in [-0.15, -0.1) is 0 Å². The largest absolute Gasteiger partial charge is 0.492 e. The van der Waals surface area contributed by atoms with Crippen molar-refractivity contribution >= 4 is 15.9 Å². The molecule has 1 aliphatic rings. The molecule has 0 aliphatic carbocycles. The fraction of sp³-hybridized carbons (Fsp3) is 0.500. The highest BCUT2D eigenvalue weighted by atomic mass is 79.9. The van der Waals surface area contributed by atoms with E-state index in [1.807, 2.05) is 6.07 Å². The summed E-state index contributed by atoms with van der Waals surface area (Å²) in [7, 11) is 2.18. The van der Waals surface area contributed by atoms with Crippen LogP contribution in [-0.2, 0) is 0 Å². The highest BCUT2D eigenvalue weighted by molar-refractivity contribution is 9.10. The molecule has 0 amide bonds. The van der Waals surface area contributed by atoms with E-state index in [2.05, 4.69) is 33.9 Å². The van der Waals surface area contributed by atoms with Crippen LogP contribution in [0.15, 0.2) is 22.7 Å². The second kappa shape index (κ2) is 6.21. The Hall–Kier alpha value is -1.05. The molecule has 1 aromatic carbocycles. The van der Waals surface area contributed by atoms with Crippen molar-refractivity contribution in [3.05, 3.63) is 28.2 Å². The quantitative estimate of drug-likeness (QED) is 0.857. The lowest BCUT2D eigenvalue weighted by Gasteiger charge is -2.19. The van der Waals surface area contributed by atoms with E-state index >= 15 is 0 Å². The molecule has 1 fully saturated rings. The Kier molecular flexibility index (Phi) is 4.62. The van der Waals surface area contributed by atoms with Gasteiger partial charge in [-0.3, -0.25) is 0 Å². The molecule has 96 valence electrons. The first-order chi connectivity index (χ1) is 8.70. The van der Waals surface area contributed by atoms with E-state index in [9.17, 15) is 0 Å². The summed E-state index contributed by atoms with van der Waals surface area (Å²) in [6, 6.07) is 8.18. The van der Waals surface area contributed by atoms with Gasteiger partial charge in [-0.2, -0.15) is 5.26 Å². The van der Waals surface area contributed by atoms with Crippen LogP contribution in [0.3, 0.4) is 0 Å². The maximum Gasteiger partial charge on any atom is 0.133 e. The molecule has 0 bridgehead atoms. The Balaban J connectivity index is 1.85. The molecule has 0 radical (unpaired) electrons. The Morgan fingerprint density at radius 2 is 2.39 bits per heavy atom. The molecule has 1 atom stereocenters. The fourth-order valence-electron chi connectivity index (χ4n) is 2.34. The van der Waals surface area contributed by atoms with Gasteiger partial charge in [0.15, 0.2) is 0 Å². The number of nitriles is 1. The molecule has 1 aromatic rings. The first-order valence-electron chi connectivity index (χ1n) is 6.23. The van der Waals surface area contributed by atoms with Gasteiger partial charge in [-0.05, 0) is 67.0 Å². The highest BCUT2D eigenvalue weighted by Crippen LogP contribution is 2.26. The molecule has 1 saturated heterocycles. The van der Waals surface area contributed by atoms with Crippen molar-refractivity contribution in [3.63, 3.8) is 0 Å². The smallest absolute Gasteiger partial charge is 0.133 e. The lowest BCUT2D eigenvalue weighted by molar-refractivity contribution is 0.232. The number of halogens is 1. The summed E-state index contributed by atoms with van der Waals surface area (Å²) in [4.78, 5) is 2.40. The number of nitrogens with zero attached hydrogens (tertiary/aromatic N) is 2. The second-order valence-corrected chi connectivity index (χ2v) is 5.53. The van der Waals surface area contributed by atoms with Gasteiger partial charge in [0.05, 0.1) is 22.7 Å². The van der Waals surface area contributed by atoms with Crippen molar-refractivity contribution in [2.75, 3.05) is 20.2 Å². The summed E-state index contributed by atoms with van der Waals surface area (Å²) in [5.74, 6) is 0.814. The van der Waals surface area contributed by atoms with E-state index in [1.165, 1.54) is 19.4 Å². The summed E-state index contributed by atoms with van der Waals surface area (Å²) >= 11 is 3.43. The van der Waals surface area contributed by atoms with Crippen molar-refractivity contribution in [2.24, 2.45) is 0 Å². The molecular weight excluding hydrogens is 292 g/mol. The molecular formula is C14H17BrN2O. The summed E-state index contributed by atoms with van der Waals surface area (Å²) in [5.41, 5.74) is 0.643. The van der Waals surface area contributed by atoms with Crippen molar-refractivity contribution in [3.8, 4) is 11.8 Å². The third-order valence-electron chi connectivity index (χ3n) is 3.44. The monoisotopic (exact) mass is 308 g/mol. The molecule has 1 aliphatic heterocycles. The Labute approximate surface area is 116 Å². The molecule has 1 unspecified atom stereocenters. The lowest BCUT2D eigenvalue weighted by atomic mass is 10.1. The van der Waals surface area contributed by atoms with E-state index in [4.69, 9.17) is 10.00 Å². The number of benzene rings is 1. The zero-order chi connectivity index (χ0) is 13.0. The standard InChI is InChI=1S/C14H17BrN2O/c1-17-7-2-3-12(17)6-8-18-14-5-4-11(10-16)9-13(14)15/h4-5,9,12H,2-3,6-8H2,1H3. The van der Waals surface area contributed by atoms with Gasteiger partial charge < -0.3 is 9.64 Å². The van der Waals surface area contributed by atoms with Crippen molar-refractivity contribution < 1.29 is 4.74 Å². The van der Waals surface area contributed by atoms with E-state index in [0.717, 1.165) is 23.2 Å². The van der Waals surface area contributed by atoms with Gasteiger partial charge in [0.25, 0.3) is 0 Å². The third-order valence-corrected chi connectivity index (χ3v) is 4.06. The minimum atomic E-state index is 0.643. The third kappa shape index (κ3) is 3.24. The van der Waals surface area contributed by atoms with Crippen LogP contribution in [-0.4, -0.2) is 31.1 Å². The average molecular weight is 309 g/mol. The zero-order valence-corrected chi connectivity index (χ0v) is 12.1. The first kappa shape index (κ1) is 13.4. The predicted molar refractivity (Wildman–Crippen MR) is 74.6 cm³/mol. The number of likely N-dealkylation sites (tertiary alicyclic amines) is 1. The molecule has 4 heteroatoms. The van der Waals surface area contributed by atoms with Crippen LogP contribution in [0.5, 0.6) is 5.75 Å². The van der Waals surface area contributed by atoms with E-state index in [1.54, 1.807) is 12.1 Å². The Bertz CT molecular complexity index is 456. The highest BCUT2D eigenvalue weighted by Gasteiger charge is 2.20. The molecule has 1 heterocycles. The van der Waals surface area contributed by atoms with Gasteiger partial charge in [-0.25, -0.2) is 0 Å². The number of ether oxygens (including phenoxy) is 1. The number of rotatable bonds is 4. The van der Waals surface area contributed by atoms with Crippen molar-refractivity contribution in [2.45, 2.75) is 25.3 Å². The molecule has 2 rings (SSSR count). The molecule has 18 heavy (non-hydrogen) atoms. The van der Waals surface area contributed by atoms with Crippen LogP contribution < -0.4 is 4.74 Å². The van der Waals surface area contributed by atoms with Gasteiger partial charge in [-0.1, -0.05) is 0 Å².